The lowest BCUT2D eigenvalue weighted by atomic mass is 10.1. The molecule has 0 radical (unpaired) electrons. The number of para-hydroxylation sites is 2. The van der Waals surface area contributed by atoms with Crippen LogP contribution in [0.4, 0.5) is 5.69 Å². The molecule has 1 aliphatic heterocycles. The molecule has 0 bridgehead atoms. The Labute approximate surface area is 192 Å². The van der Waals surface area contributed by atoms with Crippen LogP contribution in [0, 0.1) is 6.92 Å². The second kappa shape index (κ2) is 9.40. The molecule has 0 spiro atoms. The molecule has 1 saturated heterocycles. The van der Waals surface area contributed by atoms with Crippen LogP contribution < -0.4 is 10.1 Å². The summed E-state index contributed by atoms with van der Waals surface area (Å²) in [4.78, 5) is 36.5. The summed E-state index contributed by atoms with van der Waals surface area (Å²) in [5, 5.41) is 7.12. The molecule has 9 nitrogen and oxygen atoms in total. The fourth-order valence-electron chi connectivity index (χ4n) is 3.91. The van der Waals surface area contributed by atoms with Gasteiger partial charge in [0.2, 0.25) is 0 Å². The molecular formula is C24H28N6O3. The summed E-state index contributed by atoms with van der Waals surface area (Å²) < 4.78 is 7.07. The van der Waals surface area contributed by atoms with Crippen molar-refractivity contribution in [2.75, 3.05) is 25.5 Å². The van der Waals surface area contributed by atoms with Crippen LogP contribution in [0.3, 0.4) is 0 Å². The molecule has 3 aromatic rings. The van der Waals surface area contributed by atoms with Crippen LogP contribution in [0.1, 0.15) is 64.5 Å². The summed E-state index contributed by atoms with van der Waals surface area (Å²) in [6.07, 6.45) is 5.73. The number of nitrogens with one attached hydrogen (secondary N) is 1. The summed E-state index contributed by atoms with van der Waals surface area (Å²) in [7, 11) is 1.56. The lowest BCUT2D eigenvalue weighted by Crippen LogP contribution is -2.28. The van der Waals surface area contributed by atoms with E-state index in [1.54, 1.807) is 49.4 Å². The van der Waals surface area contributed by atoms with E-state index in [0.717, 1.165) is 6.42 Å². The zero-order valence-electron chi connectivity index (χ0n) is 19.3. The van der Waals surface area contributed by atoms with Crippen molar-refractivity contribution in [3.8, 4) is 5.75 Å². The van der Waals surface area contributed by atoms with Gasteiger partial charge >= 0.3 is 0 Å². The molecule has 0 saturated carbocycles. The maximum Gasteiger partial charge on any atom is 0.259 e. The molecule has 1 atom stereocenters. The van der Waals surface area contributed by atoms with Crippen molar-refractivity contribution < 1.29 is 14.3 Å². The summed E-state index contributed by atoms with van der Waals surface area (Å²) in [5.74, 6) is 0.923. The topological polar surface area (TPSA) is 102 Å². The van der Waals surface area contributed by atoms with Crippen molar-refractivity contribution in [1.29, 1.82) is 0 Å². The van der Waals surface area contributed by atoms with Crippen LogP contribution >= 0.6 is 0 Å². The maximum atomic E-state index is 12.9. The first-order valence-electron chi connectivity index (χ1n) is 11.0. The van der Waals surface area contributed by atoms with Gasteiger partial charge in [0.05, 0.1) is 35.8 Å². The van der Waals surface area contributed by atoms with Gasteiger partial charge in [0.25, 0.3) is 11.8 Å². The Hall–Kier alpha value is -3.75. The molecule has 1 N–H and O–H groups in total. The number of aryl methyl sites for hydroxylation is 1. The summed E-state index contributed by atoms with van der Waals surface area (Å²) in [5.41, 5.74) is 2.16. The van der Waals surface area contributed by atoms with E-state index in [1.807, 2.05) is 30.9 Å². The van der Waals surface area contributed by atoms with Gasteiger partial charge in [0, 0.05) is 37.4 Å². The highest BCUT2D eigenvalue weighted by molar-refractivity contribution is 6.05. The Bertz CT molecular complexity index is 1170. The van der Waals surface area contributed by atoms with Crippen molar-refractivity contribution in [2.45, 2.75) is 39.2 Å². The number of methoxy groups -OCH3 is 1. The third-order valence-electron chi connectivity index (χ3n) is 5.82. The third kappa shape index (κ3) is 4.72. The van der Waals surface area contributed by atoms with Gasteiger partial charge in [-0.3, -0.25) is 14.3 Å². The minimum Gasteiger partial charge on any atom is -0.495 e. The number of rotatable bonds is 6. The van der Waals surface area contributed by atoms with Gasteiger partial charge in [0.15, 0.2) is 0 Å². The molecule has 2 amide bonds. The second-order valence-electron chi connectivity index (χ2n) is 8.42. The predicted octanol–water partition coefficient (Wildman–Crippen LogP) is 3.45. The van der Waals surface area contributed by atoms with E-state index in [4.69, 9.17) is 4.74 Å². The molecule has 2 aromatic heterocycles. The third-order valence-corrected chi connectivity index (χ3v) is 5.82. The van der Waals surface area contributed by atoms with Crippen LogP contribution in [-0.4, -0.2) is 56.7 Å². The molecule has 1 aliphatic rings. The largest absolute Gasteiger partial charge is 0.495 e. The smallest absolute Gasteiger partial charge is 0.259 e. The summed E-state index contributed by atoms with van der Waals surface area (Å²) >= 11 is 0. The van der Waals surface area contributed by atoms with E-state index in [-0.39, 0.29) is 23.8 Å². The molecule has 0 aliphatic carbocycles. The fraction of sp³-hybridized carbons (Fsp3) is 0.375. The summed E-state index contributed by atoms with van der Waals surface area (Å²) in [6.45, 7) is 7.01. The number of hydrogen-bond acceptors (Lipinski definition) is 6. The van der Waals surface area contributed by atoms with Gasteiger partial charge in [-0.05, 0) is 39.3 Å². The van der Waals surface area contributed by atoms with Crippen LogP contribution in [0.2, 0.25) is 0 Å². The second-order valence-corrected chi connectivity index (χ2v) is 8.42. The number of nitrogens with zero attached hydrogens (tertiary/aromatic N) is 5. The first-order valence-corrected chi connectivity index (χ1v) is 11.0. The van der Waals surface area contributed by atoms with Gasteiger partial charge in [0.1, 0.15) is 11.6 Å². The number of benzene rings is 1. The Morgan fingerprint density at radius 2 is 2.00 bits per heavy atom. The average Bonchev–Trinajstić information content (AvgIpc) is 3.49. The zero-order chi connectivity index (χ0) is 23.5. The molecule has 33 heavy (non-hydrogen) atoms. The normalized spacial score (nSPS) is 15.7. The van der Waals surface area contributed by atoms with Crippen molar-refractivity contribution in [3.05, 3.63) is 65.5 Å². The molecule has 4 rings (SSSR count). The van der Waals surface area contributed by atoms with E-state index in [0.29, 0.717) is 47.2 Å². The number of amides is 2. The first kappa shape index (κ1) is 22.4. The number of hydrogen-bond donors (Lipinski definition) is 1. The molecular weight excluding hydrogens is 420 g/mol. The summed E-state index contributed by atoms with van der Waals surface area (Å²) in [6, 6.07) is 7.42. The minimum absolute atomic E-state index is 0.0270. The lowest BCUT2D eigenvalue weighted by molar-refractivity contribution is 0.0790. The van der Waals surface area contributed by atoms with Crippen molar-refractivity contribution >= 4 is 17.5 Å². The van der Waals surface area contributed by atoms with Crippen LogP contribution in [0.5, 0.6) is 5.75 Å². The van der Waals surface area contributed by atoms with Crippen LogP contribution in [-0.2, 0) is 0 Å². The molecule has 1 aromatic carbocycles. The standard InChI is InChI=1S/C24H28N6O3/c1-15(2)30-14-18(11-26-30)24(32)29-10-9-17(13-29)22-25-12-19(16(3)27-22)23(31)28-20-7-5-6-8-21(20)33-4/h5-8,11-12,14-15,17H,9-10,13H2,1-4H3,(H,28,31). The zero-order valence-corrected chi connectivity index (χ0v) is 19.3. The van der Waals surface area contributed by atoms with Gasteiger partial charge in [-0.2, -0.15) is 5.10 Å². The fourth-order valence-corrected chi connectivity index (χ4v) is 3.91. The molecule has 172 valence electrons. The SMILES string of the molecule is COc1ccccc1NC(=O)c1cnc(C2CCN(C(=O)c3cnn(C(C)C)c3)C2)nc1C. The Kier molecular flexibility index (Phi) is 6.39. The number of aromatic nitrogens is 4. The Balaban J connectivity index is 1.43. The maximum absolute atomic E-state index is 12.9. The molecule has 3 heterocycles. The number of carbonyl (C=O) groups excluding carboxylic acids is 2. The van der Waals surface area contributed by atoms with Crippen molar-refractivity contribution in [2.24, 2.45) is 0 Å². The Morgan fingerprint density at radius 3 is 2.70 bits per heavy atom. The van der Waals surface area contributed by atoms with Crippen molar-refractivity contribution in [3.63, 3.8) is 0 Å². The van der Waals surface area contributed by atoms with Gasteiger partial charge in [-0.25, -0.2) is 9.97 Å². The first-order chi connectivity index (χ1) is 15.9. The molecule has 9 heteroatoms. The van der Waals surface area contributed by atoms with E-state index < -0.39 is 0 Å². The number of ether oxygens (including phenoxy) is 1. The average molecular weight is 449 g/mol. The van der Waals surface area contributed by atoms with Crippen LogP contribution in [0.25, 0.3) is 0 Å². The highest BCUT2D eigenvalue weighted by atomic mass is 16.5. The van der Waals surface area contributed by atoms with E-state index in [2.05, 4.69) is 20.4 Å². The molecule has 1 unspecified atom stereocenters. The van der Waals surface area contributed by atoms with E-state index in [9.17, 15) is 9.59 Å². The number of carbonyl (C=O) groups is 2. The quantitative estimate of drug-likeness (QED) is 0.620. The number of anilines is 1. The highest BCUT2D eigenvalue weighted by Crippen LogP contribution is 2.27. The van der Waals surface area contributed by atoms with E-state index >= 15 is 0 Å². The Morgan fingerprint density at radius 1 is 1.21 bits per heavy atom. The highest BCUT2D eigenvalue weighted by Gasteiger charge is 2.31. The van der Waals surface area contributed by atoms with E-state index in [1.165, 1.54) is 0 Å². The lowest BCUT2D eigenvalue weighted by Gasteiger charge is -2.16. The number of likely N-dealkylation sites (tertiary alicyclic amines) is 1. The van der Waals surface area contributed by atoms with Crippen LogP contribution in [0.15, 0.2) is 42.9 Å². The van der Waals surface area contributed by atoms with Gasteiger partial charge in [-0.15, -0.1) is 0 Å². The van der Waals surface area contributed by atoms with Crippen molar-refractivity contribution in [1.82, 2.24) is 24.6 Å². The van der Waals surface area contributed by atoms with Gasteiger partial charge in [-0.1, -0.05) is 12.1 Å². The predicted molar refractivity (Wildman–Crippen MR) is 124 cm³/mol. The monoisotopic (exact) mass is 448 g/mol. The van der Waals surface area contributed by atoms with Gasteiger partial charge < -0.3 is 15.0 Å². The minimum atomic E-state index is -0.297. The molecule has 1 fully saturated rings.